The first kappa shape index (κ1) is 19.9. The smallest absolute Gasteiger partial charge is 0.341 e. The highest BCUT2D eigenvalue weighted by atomic mass is 16.6. The number of tetrazole rings is 1. The number of benzene rings is 1. The number of morpholine rings is 1. The summed E-state index contributed by atoms with van der Waals surface area (Å²) >= 11 is 0. The number of carbonyl (C=O) groups is 1. The van der Waals surface area contributed by atoms with Crippen molar-refractivity contribution in [3.05, 3.63) is 24.3 Å². The van der Waals surface area contributed by atoms with E-state index < -0.39 is 0 Å². The zero-order valence-corrected chi connectivity index (χ0v) is 17.6. The van der Waals surface area contributed by atoms with E-state index in [1.807, 2.05) is 18.2 Å². The van der Waals surface area contributed by atoms with E-state index in [0.29, 0.717) is 19.0 Å². The van der Waals surface area contributed by atoms with Crippen molar-refractivity contribution in [1.82, 2.24) is 25.5 Å². The van der Waals surface area contributed by atoms with Crippen LogP contribution in [-0.4, -0.2) is 83.9 Å². The molecule has 11 nitrogen and oxygen atoms in total. The van der Waals surface area contributed by atoms with Crippen molar-refractivity contribution in [3.63, 3.8) is 0 Å². The van der Waals surface area contributed by atoms with Crippen LogP contribution >= 0.6 is 0 Å². The van der Waals surface area contributed by atoms with Gasteiger partial charge in [0.15, 0.2) is 0 Å². The van der Waals surface area contributed by atoms with E-state index in [1.54, 1.807) is 4.68 Å². The number of hydrogen-bond acceptors (Lipinski definition) is 9. The van der Waals surface area contributed by atoms with E-state index in [2.05, 4.69) is 31.8 Å². The average Bonchev–Trinajstić information content (AvgIpc) is 3.26. The van der Waals surface area contributed by atoms with E-state index >= 15 is 0 Å². The van der Waals surface area contributed by atoms with Crippen molar-refractivity contribution in [2.75, 3.05) is 44.4 Å². The Bertz CT molecular complexity index is 975. The molecule has 3 saturated heterocycles. The molecule has 4 heterocycles. The second-order valence-electron chi connectivity index (χ2n) is 8.66. The number of aromatic nitrogens is 4. The van der Waals surface area contributed by atoms with Gasteiger partial charge in [-0.3, -0.25) is 4.79 Å². The van der Waals surface area contributed by atoms with E-state index in [9.17, 15) is 4.79 Å². The maximum atomic E-state index is 12.2. The molecule has 1 aromatic carbocycles. The first-order valence-electron chi connectivity index (χ1n) is 11.2. The Balaban J connectivity index is 1.15. The predicted octanol–water partition coefficient (Wildman–Crippen LogP) is 0.535. The largest absolute Gasteiger partial charge is 0.423 e. The summed E-state index contributed by atoms with van der Waals surface area (Å²) in [6, 6.07) is 7.78. The SMILES string of the molecule is O=C(N[C@H]1CO[C@H]2[C@@H]1OC[C@@H]2n1nnnc1Oc1cccc(N2CCOCC2)c1)C1CC1. The Hall–Kier alpha value is -2.76. The highest BCUT2D eigenvalue weighted by Gasteiger charge is 2.50. The lowest BCUT2D eigenvalue weighted by molar-refractivity contribution is -0.123. The van der Waals surface area contributed by atoms with Gasteiger partial charge >= 0.3 is 6.01 Å². The molecule has 4 aliphatic rings. The molecule has 0 spiro atoms. The zero-order valence-electron chi connectivity index (χ0n) is 17.6. The molecule has 1 amide bonds. The molecule has 11 heteroatoms. The third-order valence-electron chi connectivity index (χ3n) is 6.48. The Morgan fingerprint density at radius 1 is 1.12 bits per heavy atom. The molecular formula is C21H26N6O5. The first-order valence-corrected chi connectivity index (χ1v) is 11.2. The second kappa shape index (κ2) is 8.30. The minimum absolute atomic E-state index is 0.0953. The summed E-state index contributed by atoms with van der Waals surface area (Å²) in [6.07, 6.45) is 1.47. The Morgan fingerprint density at radius 3 is 2.81 bits per heavy atom. The molecule has 4 fully saturated rings. The van der Waals surface area contributed by atoms with Crippen molar-refractivity contribution in [2.24, 2.45) is 5.92 Å². The summed E-state index contributed by atoms with van der Waals surface area (Å²) in [6.45, 7) is 3.94. The van der Waals surface area contributed by atoms with Crippen LogP contribution in [0.15, 0.2) is 24.3 Å². The molecule has 0 radical (unpaired) electrons. The summed E-state index contributed by atoms with van der Waals surface area (Å²) < 4.78 is 25.1. The van der Waals surface area contributed by atoms with Crippen LogP contribution in [0.1, 0.15) is 18.9 Å². The van der Waals surface area contributed by atoms with Gasteiger partial charge in [0, 0.05) is 30.8 Å². The Morgan fingerprint density at radius 2 is 1.97 bits per heavy atom. The fraction of sp³-hybridized carbons (Fsp3) is 0.619. The fourth-order valence-corrected chi connectivity index (χ4v) is 4.59. The van der Waals surface area contributed by atoms with Crippen molar-refractivity contribution >= 4 is 11.6 Å². The van der Waals surface area contributed by atoms with E-state index in [-0.39, 0.29) is 42.1 Å². The van der Waals surface area contributed by atoms with Crippen molar-refractivity contribution in [2.45, 2.75) is 37.1 Å². The van der Waals surface area contributed by atoms with Crippen LogP contribution in [0.4, 0.5) is 5.69 Å². The van der Waals surface area contributed by atoms with Gasteiger partial charge in [0.1, 0.15) is 24.0 Å². The van der Waals surface area contributed by atoms with Gasteiger partial charge in [0.2, 0.25) is 5.91 Å². The van der Waals surface area contributed by atoms with Crippen molar-refractivity contribution in [3.8, 4) is 11.8 Å². The normalized spacial score (nSPS) is 29.7. The molecule has 3 aliphatic heterocycles. The van der Waals surface area contributed by atoms with Crippen LogP contribution in [0.5, 0.6) is 11.8 Å². The fourth-order valence-electron chi connectivity index (χ4n) is 4.59. The molecule has 1 aromatic heterocycles. The lowest BCUT2D eigenvalue weighted by Gasteiger charge is -2.29. The molecule has 4 atom stereocenters. The maximum absolute atomic E-state index is 12.2. The minimum Gasteiger partial charge on any atom is -0.423 e. The van der Waals surface area contributed by atoms with Crippen molar-refractivity contribution in [1.29, 1.82) is 0 Å². The third kappa shape index (κ3) is 3.80. The Kier molecular flexibility index (Phi) is 5.16. The summed E-state index contributed by atoms with van der Waals surface area (Å²) in [7, 11) is 0. The highest BCUT2D eigenvalue weighted by molar-refractivity contribution is 5.81. The molecule has 32 heavy (non-hydrogen) atoms. The van der Waals surface area contributed by atoms with Crippen LogP contribution in [0.25, 0.3) is 0 Å². The second-order valence-corrected chi connectivity index (χ2v) is 8.66. The lowest BCUT2D eigenvalue weighted by Crippen LogP contribution is -2.44. The first-order chi connectivity index (χ1) is 15.8. The van der Waals surface area contributed by atoms with Gasteiger partial charge in [-0.25, -0.2) is 0 Å². The maximum Gasteiger partial charge on any atom is 0.341 e. The van der Waals surface area contributed by atoms with Gasteiger partial charge in [-0.15, -0.1) is 0 Å². The summed E-state index contributed by atoms with van der Waals surface area (Å²) in [5.41, 5.74) is 1.07. The number of fused-ring (bicyclic) bond motifs is 1. The number of nitrogens with one attached hydrogen (secondary N) is 1. The lowest BCUT2D eigenvalue weighted by atomic mass is 10.1. The summed E-state index contributed by atoms with van der Waals surface area (Å²) in [5, 5.41) is 15.1. The zero-order chi connectivity index (χ0) is 21.5. The predicted molar refractivity (Wildman–Crippen MR) is 111 cm³/mol. The molecule has 6 rings (SSSR count). The van der Waals surface area contributed by atoms with Crippen LogP contribution in [0.2, 0.25) is 0 Å². The molecule has 2 aromatic rings. The number of amides is 1. The van der Waals surface area contributed by atoms with Crippen LogP contribution in [0.3, 0.4) is 0 Å². The molecule has 1 N–H and O–H groups in total. The topological polar surface area (TPSA) is 113 Å². The molecule has 1 aliphatic carbocycles. The van der Waals surface area contributed by atoms with Crippen LogP contribution in [0, 0.1) is 5.92 Å². The average molecular weight is 442 g/mol. The van der Waals surface area contributed by atoms with E-state index in [0.717, 1.165) is 44.8 Å². The third-order valence-corrected chi connectivity index (χ3v) is 6.48. The number of anilines is 1. The van der Waals surface area contributed by atoms with Gasteiger partial charge in [0.25, 0.3) is 0 Å². The van der Waals surface area contributed by atoms with Crippen LogP contribution in [-0.2, 0) is 19.0 Å². The van der Waals surface area contributed by atoms with Crippen molar-refractivity contribution < 1.29 is 23.7 Å². The minimum atomic E-state index is -0.245. The molecule has 0 bridgehead atoms. The highest BCUT2D eigenvalue weighted by Crippen LogP contribution is 2.37. The number of hydrogen-bond donors (Lipinski definition) is 1. The summed E-state index contributed by atoms with van der Waals surface area (Å²) in [4.78, 5) is 14.4. The standard InChI is InChI=1S/C21H26N6O5/c28-20(13-4-5-13)22-16-11-30-19-17(12-31-18(16)19)27-21(23-24-25-27)32-15-3-1-2-14(10-15)26-6-8-29-9-7-26/h1-3,10,13,16-19H,4-9,11-12H2,(H,22,28)/t16-,17-,18+,19+/m0/s1. The number of rotatable bonds is 6. The van der Waals surface area contributed by atoms with Gasteiger partial charge < -0.3 is 29.2 Å². The number of nitrogens with zero attached hydrogens (tertiary/aromatic N) is 5. The monoisotopic (exact) mass is 442 g/mol. The van der Waals surface area contributed by atoms with Crippen LogP contribution < -0.4 is 15.0 Å². The van der Waals surface area contributed by atoms with Gasteiger partial charge in [-0.05, 0) is 35.4 Å². The molecule has 170 valence electrons. The van der Waals surface area contributed by atoms with E-state index in [4.69, 9.17) is 18.9 Å². The molecule has 0 unspecified atom stereocenters. The molecular weight excluding hydrogens is 416 g/mol. The number of ether oxygens (including phenoxy) is 4. The molecule has 1 saturated carbocycles. The van der Waals surface area contributed by atoms with E-state index in [1.165, 1.54) is 0 Å². The quantitative estimate of drug-likeness (QED) is 0.685. The van der Waals surface area contributed by atoms with Gasteiger partial charge in [-0.1, -0.05) is 11.2 Å². The Labute approximate surface area is 184 Å². The van der Waals surface area contributed by atoms with Gasteiger partial charge in [-0.2, -0.15) is 4.68 Å². The van der Waals surface area contributed by atoms with Gasteiger partial charge in [0.05, 0.1) is 32.5 Å². The summed E-state index contributed by atoms with van der Waals surface area (Å²) in [5.74, 6) is 0.902. The number of carbonyl (C=O) groups excluding carboxylic acids is 1.